The first-order valence-electron chi connectivity index (χ1n) is 28.8. The van der Waals surface area contributed by atoms with Crippen LogP contribution in [-0.2, 0) is 18.5 Å². The fourth-order valence-corrected chi connectivity index (χ4v) is 9.90. The first-order valence-corrected chi connectivity index (χ1v) is 29.8. The average molecular weight is 919 g/mol. The number of benzene rings is 1. The Morgan fingerprint density at radius 2 is 0.594 bits per heavy atom. The van der Waals surface area contributed by atoms with E-state index in [0.717, 1.165) is 44.6 Å². The van der Waals surface area contributed by atoms with Gasteiger partial charge in [0.2, 0.25) is 0 Å². The van der Waals surface area contributed by atoms with Crippen molar-refractivity contribution in [1.29, 1.82) is 0 Å². The number of rotatable bonds is 54. The Kier molecular flexibility index (Phi) is 49.5. The van der Waals surface area contributed by atoms with Gasteiger partial charge in [0.1, 0.15) is 5.75 Å². The maximum Gasteiger partial charge on any atom is 0.397 e. The van der Waals surface area contributed by atoms with E-state index in [1.54, 1.807) is 0 Å². The zero-order chi connectivity index (χ0) is 45.9. The van der Waals surface area contributed by atoms with Crippen molar-refractivity contribution >= 4 is 8.60 Å². The largest absolute Gasteiger partial charge is 0.427 e. The Bertz CT molecular complexity index is 938. The number of para-hydroxylation sites is 1. The highest BCUT2D eigenvalue weighted by Gasteiger charge is 2.18. The van der Waals surface area contributed by atoms with Gasteiger partial charge < -0.3 is 23.0 Å². The number of ether oxygens (including phenoxy) is 2. The van der Waals surface area contributed by atoms with Crippen molar-refractivity contribution in [3.8, 4) is 5.75 Å². The van der Waals surface area contributed by atoms with E-state index < -0.39 is 8.60 Å². The van der Waals surface area contributed by atoms with Crippen LogP contribution in [0.2, 0.25) is 0 Å². The molecule has 0 saturated heterocycles. The van der Waals surface area contributed by atoms with E-state index in [9.17, 15) is 0 Å². The van der Waals surface area contributed by atoms with Crippen molar-refractivity contribution in [2.24, 2.45) is 0 Å². The lowest BCUT2D eigenvalue weighted by Crippen LogP contribution is -2.15. The SMILES string of the molecule is CCCCCCCCCCCCCOC(CCCCCCCCC)CCCOP(OCCCC(CCCCCCCCC)OCCCCCCCCCCCCC)Oc1ccccc1. The summed E-state index contributed by atoms with van der Waals surface area (Å²) in [5.74, 6) is 0.813. The fourth-order valence-electron chi connectivity index (χ4n) is 8.87. The van der Waals surface area contributed by atoms with Crippen LogP contribution in [0.15, 0.2) is 30.3 Å². The van der Waals surface area contributed by atoms with Crippen molar-refractivity contribution in [2.45, 2.75) is 310 Å². The van der Waals surface area contributed by atoms with Gasteiger partial charge in [0.05, 0.1) is 25.4 Å². The van der Waals surface area contributed by atoms with Crippen LogP contribution >= 0.6 is 8.60 Å². The molecule has 378 valence electrons. The minimum Gasteiger partial charge on any atom is -0.427 e. The lowest BCUT2D eigenvalue weighted by atomic mass is 10.0. The molecule has 1 aromatic carbocycles. The summed E-state index contributed by atoms with van der Waals surface area (Å²) in [4.78, 5) is 0. The first-order chi connectivity index (χ1) is 31.7. The molecular formula is C58H111O5P. The van der Waals surface area contributed by atoms with Gasteiger partial charge in [-0.2, -0.15) is 0 Å². The summed E-state index contributed by atoms with van der Waals surface area (Å²) in [7, 11) is -1.48. The molecule has 2 atom stereocenters. The lowest BCUT2D eigenvalue weighted by molar-refractivity contribution is 0.0317. The van der Waals surface area contributed by atoms with E-state index in [1.807, 2.05) is 30.3 Å². The topological polar surface area (TPSA) is 46.2 Å². The van der Waals surface area contributed by atoms with E-state index in [0.29, 0.717) is 25.4 Å². The number of hydrogen-bond donors (Lipinski definition) is 0. The van der Waals surface area contributed by atoms with Crippen molar-refractivity contribution in [2.75, 3.05) is 26.4 Å². The second kappa shape index (κ2) is 51.7. The molecule has 0 bridgehead atoms. The van der Waals surface area contributed by atoms with Gasteiger partial charge in [-0.25, -0.2) is 0 Å². The molecule has 0 spiro atoms. The van der Waals surface area contributed by atoms with Crippen LogP contribution in [0.3, 0.4) is 0 Å². The normalized spacial score (nSPS) is 13.1. The Balaban J connectivity index is 2.56. The Morgan fingerprint density at radius 3 is 0.922 bits per heavy atom. The standard InChI is InChI=1S/C58H111O5P/c1-5-9-13-17-21-23-25-27-31-35-42-52-59-56(46-38-33-29-19-15-11-7-3)50-44-54-61-64(63-58-48-40-37-41-49-58)62-55-45-51-57(47-39-34-30-20-16-12-8-4)60-53-43-36-32-28-26-24-22-18-14-10-6-2/h37,40-41,48-49,56-57H,5-36,38-39,42-47,50-55H2,1-4H3. The highest BCUT2D eigenvalue weighted by molar-refractivity contribution is 7.42. The summed E-state index contributed by atoms with van der Waals surface area (Å²) in [5.41, 5.74) is 0. The Hall–Kier alpha value is -0.710. The predicted octanol–water partition coefficient (Wildman–Crippen LogP) is 20.6. The van der Waals surface area contributed by atoms with Crippen LogP contribution in [0.1, 0.15) is 297 Å². The zero-order valence-corrected chi connectivity index (χ0v) is 44.5. The summed E-state index contributed by atoms with van der Waals surface area (Å²) < 4.78 is 32.3. The lowest BCUT2D eigenvalue weighted by Gasteiger charge is -2.21. The van der Waals surface area contributed by atoms with Crippen molar-refractivity contribution in [1.82, 2.24) is 0 Å². The smallest absolute Gasteiger partial charge is 0.397 e. The van der Waals surface area contributed by atoms with Gasteiger partial charge in [0, 0.05) is 13.2 Å². The van der Waals surface area contributed by atoms with E-state index in [2.05, 4.69) is 27.7 Å². The molecule has 0 saturated carbocycles. The van der Waals surface area contributed by atoms with Crippen LogP contribution in [-0.4, -0.2) is 38.6 Å². The van der Waals surface area contributed by atoms with Gasteiger partial charge in [-0.1, -0.05) is 264 Å². The van der Waals surface area contributed by atoms with Gasteiger partial charge in [-0.05, 0) is 63.5 Å². The third-order valence-electron chi connectivity index (χ3n) is 13.1. The van der Waals surface area contributed by atoms with Crippen LogP contribution in [0, 0.1) is 0 Å². The first kappa shape index (κ1) is 61.3. The van der Waals surface area contributed by atoms with Crippen LogP contribution in [0.25, 0.3) is 0 Å². The number of unbranched alkanes of at least 4 members (excludes halogenated alkanes) is 32. The summed E-state index contributed by atoms with van der Waals surface area (Å²) in [6.07, 6.45) is 55.9. The fraction of sp³-hybridized carbons (Fsp3) is 0.897. The minimum atomic E-state index is -1.48. The van der Waals surface area contributed by atoms with Crippen molar-refractivity contribution in [3.63, 3.8) is 0 Å². The molecule has 1 rings (SSSR count). The molecule has 0 amide bonds. The van der Waals surface area contributed by atoms with E-state index >= 15 is 0 Å². The quantitative estimate of drug-likeness (QED) is 0.0481. The molecule has 0 fully saturated rings. The van der Waals surface area contributed by atoms with Gasteiger partial charge >= 0.3 is 8.60 Å². The summed E-state index contributed by atoms with van der Waals surface area (Å²) in [5, 5.41) is 0. The predicted molar refractivity (Wildman–Crippen MR) is 282 cm³/mol. The van der Waals surface area contributed by atoms with E-state index in [-0.39, 0.29) is 0 Å². The van der Waals surface area contributed by atoms with Gasteiger partial charge in [0.25, 0.3) is 0 Å². The molecule has 0 N–H and O–H groups in total. The Labute approximate surface area is 402 Å². The second-order valence-electron chi connectivity index (χ2n) is 19.5. The number of hydrogen-bond acceptors (Lipinski definition) is 5. The maximum absolute atomic E-state index is 6.58. The molecule has 0 heterocycles. The third kappa shape index (κ3) is 43.8. The maximum atomic E-state index is 6.58. The zero-order valence-electron chi connectivity index (χ0n) is 43.6. The van der Waals surface area contributed by atoms with E-state index in [4.69, 9.17) is 23.0 Å². The molecular weight excluding hydrogens is 808 g/mol. The van der Waals surface area contributed by atoms with Crippen LogP contribution in [0.4, 0.5) is 0 Å². The Morgan fingerprint density at radius 1 is 0.312 bits per heavy atom. The molecule has 1 aromatic rings. The molecule has 2 unspecified atom stereocenters. The summed E-state index contributed by atoms with van der Waals surface area (Å²) >= 11 is 0. The molecule has 0 radical (unpaired) electrons. The average Bonchev–Trinajstić information content (AvgIpc) is 3.31. The molecule has 64 heavy (non-hydrogen) atoms. The van der Waals surface area contributed by atoms with E-state index in [1.165, 1.54) is 244 Å². The molecule has 0 aromatic heterocycles. The molecule has 0 aliphatic carbocycles. The van der Waals surface area contributed by atoms with Gasteiger partial charge in [-0.15, -0.1) is 0 Å². The second-order valence-corrected chi connectivity index (χ2v) is 20.6. The highest BCUT2D eigenvalue weighted by atomic mass is 31.2. The molecule has 5 nitrogen and oxygen atoms in total. The third-order valence-corrected chi connectivity index (χ3v) is 14.3. The van der Waals surface area contributed by atoms with Crippen molar-refractivity contribution in [3.05, 3.63) is 30.3 Å². The highest BCUT2D eigenvalue weighted by Crippen LogP contribution is 2.41. The molecule has 6 heteroatoms. The van der Waals surface area contributed by atoms with Crippen LogP contribution < -0.4 is 4.52 Å². The summed E-state index contributed by atoms with van der Waals surface area (Å²) in [6.45, 7) is 12.3. The van der Waals surface area contributed by atoms with Gasteiger partial charge in [0.15, 0.2) is 0 Å². The summed E-state index contributed by atoms with van der Waals surface area (Å²) in [6, 6.07) is 10.1. The minimum absolute atomic E-state index is 0.322. The monoisotopic (exact) mass is 919 g/mol. The molecule has 0 aliphatic rings. The van der Waals surface area contributed by atoms with Crippen molar-refractivity contribution < 1.29 is 23.0 Å². The molecule has 0 aliphatic heterocycles. The van der Waals surface area contributed by atoms with Gasteiger partial charge in [-0.3, -0.25) is 0 Å². The van der Waals surface area contributed by atoms with Crippen LogP contribution in [0.5, 0.6) is 5.75 Å².